The second kappa shape index (κ2) is 12.7. The van der Waals surface area contributed by atoms with Gasteiger partial charge in [-0.25, -0.2) is 9.59 Å². The number of nitro groups is 1. The van der Waals surface area contributed by atoms with Crippen LogP contribution in [-0.2, 0) is 6.18 Å². The van der Waals surface area contributed by atoms with Gasteiger partial charge in [-0.1, -0.05) is 34.3 Å². The molecule has 0 aliphatic rings. The first kappa shape index (κ1) is 28.8. The summed E-state index contributed by atoms with van der Waals surface area (Å²) < 4.78 is 46.5. The molecule has 0 saturated carbocycles. The standard InChI is InChI=1S/C14H7ClF3NO5.C9H8N4OS/c15-10-5-7(14(16,17)18)1-4-12(10)24-8-2-3-11(19(22)23)9(6-8)13(20)21;14-9(12-8-6-10-13-15-8)11-7-4-2-1-3-5-7/h1-6H,(H,20,21);1-6H,(H2,11,12,14). The third kappa shape index (κ3) is 8.37. The summed E-state index contributed by atoms with van der Waals surface area (Å²) in [6.07, 6.45) is -3.08. The fourth-order valence-corrected chi connectivity index (χ4v) is 3.45. The third-order valence-corrected chi connectivity index (χ3v) is 5.39. The van der Waals surface area contributed by atoms with Gasteiger partial charge in [-0.05, 0) is 36.4 Å². The Kier molecular flexibility index (Phi) is 9.35. The summed E-state index contributed by atoms with van der Waals surface area (Å²) in [5, 5.41) is 28.9. The van der Waals surface area contributed by atoms with Crippen LogP contribution in [0.25, 0.3) is 0 Å². The SMILES string of the molecule is O=C(Nc1ccccc1)Nc1cnns1.O=C(O)c1cc(Oc2ccc(C(F)(F)F)cc2Cl)ccc1[N+](=O)[O-]. The highest BCUT2D eigenvalue weighted by molar-refractivity contribution is 7.10. The Morgan fingerprint density at radius 3 is 2.33 bits per heavy atom. The van der Waals surface area contributed by atoms with E-state index in [-0.39, 0.29) is 22.6 Å². The molecule has 0 spiro atoms. The van der Waals surface area contributed by atoms with Gasteiger partial charge in [0.1, 0.15) is 22.1 Å². The van der Waals surface area contributed by atoms with Gasteiger partial charge in [0.2, 0.25) is 0 Å². The number of ether oxygens (including phenoxy) is 1. The highest BCUT2D eigenvalue weighted by Crippen LogP contribution is 2.37. The number of halogens is 4. The molecule has 1 heterocycles. The number of urea groups is 1. The predicted molar refractivity (Wildman–Crippen MR) is 136 cm³/mol. The van der Waals surface area contributed by atoms with Crippen LogP contribution in [0, 0.1) is 10.1 Å². The van der Waals surface area contributed by atoms with Crippen LogP contribution in [-0.4, -0.2) is 31.6 Å². The molecule has 4 rings (SSSR count). The minimum absolute atomic E-state index is 0.125. The fraction of sp³-hybridized carbons (Fsp3) is 0.0435. The number of benzene rings is 3. The lowest BCUT2D eigenvalue weighted by Gasteiger charge is -2.11. The van der Waals surface area contributed by atoms with Crippen LogP contribution in [0.1, 0.15) is 15.9 Å². The lowest BCUT2D eigenvalue weighted by atomic mass is 10.1. The van der Waals surface area contributed by atoms with Crippen LogP contribution in [0.4, 0.5) is 34.3 Å². The van der Waals surface area contributed by atoms with Gasteiger partial charge >= 0.3 is 18.2 Å². The molecule has 39 heavy (non-hydrogen) atoms. The van der Waals surface area contributed by atoms with Crippen molar-refractivity contribution in [2.75, 3.05) is 10.6 Å². The Bertz CT molecular complexity index is 1470. The lowest BCUT2D eigenvalue weighted by Crippen LogP contribution is -2.18. The van der Waals surface area contributed by atoms with Crippen molar-refractivity contribution >= 4 is 51.5 Å². The number of aromatic nitrogens is 2. The number of amides is 2. The average Bonchev–Trinajstić information content (AvgIpc) is 3.38. The number of carboxylic acids is 1. The quantitative estimate of drug-likeness (QED) is 0.163. The highest BCUT2D eigenvalue weighted by atomic mass is 35.5. The molecule has 3 aromatic carbocycles. The van der Waals surface area contributed by atoms with E-state index >= 15 is 0 Å². The van der Waals surface area contributed by atoms with Crippen LogP contribution in [0.15, 0.2) is 72.9 Å². The van der Waals surface area contributed by atoms with Crippen molar-refractivity contribution in [1.82, 2.24) is 9.59 Å². The number of alkyl halides is 3. The van der Waals surface area contributed by atoms with Crippen molar-refractivity contribution in [2.24, 2.45) is 0 Å². The van der Waals surface area contributed by atoms with E-state index in [1.807, 2.05) is 30.3 Å². The number of carbonyl (C=O) groups is 2. The second-order valence-electron chi connectivity index (χ2n) is 7.21. The Balaban J connectivity index is 0.000000239. The smallest absolute Gasteiger partial charge is 0.416 e. The summed E-state index contributed by atoms with van der Waals surface area (Å²) >= 11 is 6.85. The zero-order chi connectivity index (χ0) is 28.6. The molecule has 3 N–H and O–H groups in total. The first-order valence-corrected chi connectivity index (χ1v) is 11.6. The van der Waals surface area contributed by atoms with E-state index in [9.17, 15) is 32.9 Å². The molecule has 2 amide bonds. The number of anilines is 2. The van der Waals surface area contributed by atoms with Gasteiger partial charge in [0.15, 0.2) is 0 Å². The van der Waals surface area contributed by atoms with Crippen LogP contribution >= 0.6 is 23.1 Å². The molecular weight excluding hydrogens is 567 g/mol. The number of nitro benzene ring substituents is 1. The van der Waals surface area contributed by atoms with E-state index in [4.69, 9.17) is 21.4 Å². The van der Waals surface area contributed by atoms with Gasteiger partial charge < -0.3 is 15.2 Å². The maximum atomic E-state index is 12.6. The average molecular weight is 582 g/mol. The van der Waals surface area contributed by atoms with Crippen molar-refractivity contribution in [2.45, 2.75) is 6.18 Å². The molecule has 0 unspecified atom stereocenters. The number of aromatic carboxylic acids is 1. The maximum absolute atomic E-state index is 12.6. The van der Waals surface area contributed by atoms with E-state index in [0.717, 1.165) is 47.6 Å². The zero-order valence-corrected chi connectivity index (χ0v) is 20.8. The molecule has 16 heteroatoms. The van der Waals surface area contributed by atoms with E-state index in [1.54, 1.807) is 0 Å². The molecule has 0 bridgehead atoms. The molecule has 1 aromatic heterocycles. The number of hydrogen-bond acceptors (Lipinski definition) is 8. The number of hydrogen-bond donors (Lipinski definition) is 3. The van der Waals surface area contributed by atoms with Crippen molar-refractivity contribution in [3.05, 3.63) is 99.2 Å². The zero-order valence-electron chi connectivity index (χ0n) is 19.2. The number of nitrogens with zero attached hydrogens (tertiary/aromatic N) is 3. The number of para-hydroxylation sites is 1. The molecule has 0 aliphatic heterocycles. The minimum atomic E-state index is -4.58. The molecule has 0 aliphatic carbocycles. The van der Waals surface area contributed by atoms with Crippen LogP contribution in [0.2, 0.25) is 5.02 Å². The van der Waals surface area contributed by atoms with Gasteiger partial charge in [0.05, 0.1) is 21.7 Å². The molecule has 0 saturated heterocycles. The van der Waals surface area contributed by atoms with E-state index < -0.39 is 33.9 Å². The van der Waals surface area contributed by atoms with Crippen LogP contribution in [0.3, 0.4) is 0 Å². The summed E-state index contributed by atoms with van der Waals surface area (Å²) in [5.41, 5.74) is -1.50. The summed E-state index contributed by atoms with van der Waals surface area (Å²) in [7, 11) is 0. The van der Waals surface area contributed by atoms with E-state index in [1.165, 1.54) is 6.20 Å². The largest absolute Gasteiger partial charge is 0.477 e. The first-order valence-electron chi connectivity index (χ1n) is 10.4. The first-order chi connectivity index (χ1) is 18.4. The monoisotopic (exact) mass is 581 g/mol. The number of carbonyl (C=O) groups excluding carboxylic acids is 1. The Hall–Kier alpha value is -4.76. The number of nitrogens with one attached hydrogen (secondary N) is 2. The fourth-order valence-electron chi connectivity index (χ4n) is 2.81. The van der Waals surface area contributed by atoms with Crippen molar-refractivity contribution < 1.29 is 37.5 Å². The number of carboxylic acid groups (broad SMARTS) is 1. The molecular formula is C23H15ClF3N5O6S. The molecule has 0 radical (unpaired) electrons. The lowest BCUT2D eigenvalue weighted by molar-refractivity contribution is -0.385. The summed E-state index contributed by atoms with van der Waals surface area (Å²) in [5.74, 6) is -1.83. The van der Waals surface area contributed by atoms with Gasteiger partial charge in [-0.2, -0.15) is 13.2 Å². The Morgan fingerprint density at radius 1 is 1.05 bits per heavy atom. The molecule has 11 nitrogen and oxygen atoms in total. The minimum Gasteiger partial charge on any atom is -0.477 e. The topological polar surface area (TPSA) is 157 Å². The van der Waals surface area contributed by atoms with Gasteiger partial charge in [-0.15, -0.1) is 5.10 Å². The van der Waals surface area contributed by atoms with Gasteiger partial charge in [0.25, 0.3) is 5.69 Å². The summed E-state index contributed by atoms with van der Waals surface area (Å²) in [4.78, 5) is 32.3. The molecule has 4 aromatic rings. The molecule has 0 fully saturated rings. The molecule has 0 atom stereocenters. The Morgan fingerprint density at radius 2 is 1.77 bits per heavy atom. The second-order valence-corrected chi connectivity index (χ2v) is 8.41. The highest BCUT2D eigenvalue weighted by Gasteiger charge is 2.31. The Labute approximate surface area is 226 Å². The van der Waals surface area contributed by atoms with E-state index in [2.05, 4.69) is 20.2 Å². The molecule has 202 valence electrons. The van der Waals surface area contributed by atoms with Gasteiger partial charge in [-0.3, -0.25) is 15.4 Å². The van der Waals surface area contributed by atoms with Crippen molar-refractivity contribution in [1.29, 1.82) is 0 Å². The van der Waals surface area contributed by atoms with Gasteiger partial charge in [0, 0.05) is 29.4 Å². The normalized spacial score (nSPS) is 10.6. The summed E-state index contributed by atoms with van der Waals surface area (Å²) in [6.45, 7) is 0. The third-order valence-electron chi connectivity index (χ3n) is 4.51. The van der Waals surface area contributed by atoms with Crippen molar-refractivity contribution in [3.63, 3.8) is 0 Å². The predicted octanol–water partition coefficient (Wildman–Crippen LogP) is 6.94. The number of rotatable bonds is 6. The summed E-state index contributed by atoms with van der Waals surface area (Å²) in [6, 6.07) is 14.2. The van der Waals surface area contributed by atoms with E-state index in [0.29, 0.717) is 11.1 Å². The van der Waals surface area contributed by atoms with Crippen LogP contribution in [0.5, 0.6) is 11.5 Å². The maximum Gasteiger partial charge on any atom is 0.416 e. The van der Waals surface area contributed by atoms with Crippen molar-refractivity contribution in [3.8, 4) is 11.5 Å². The van der Waals surface area contributed by atoms with Crippen LogP contribution < -0.4 is 15.4 Å².